The van der Waals surface area contributed by atoms with Crippen molar-refractivity contribution in [2.45, 2.75) is 26.2 Å². The van der Waals surface area contributed by atoms with Crippen LogP contribution in [0, 0.1) is 19.7 Å². The minimum absolute atomic E-state index is 0.113. The summed E-state index contributed by atoms with van der Waals surface area (Å²) in [4.78, 5) is 29.1. The molecule has 2 heterocycles. The highest BCUT2D eigenvalue weighted by Crippen LogP contribution is 2.31. The lowest BCUT2D eigenvalue weighted by atomic mass is 9.86. The summed E-state index contributed by atoms with van der Waals surface area (Å²) in [5.74, 6) is -0.711. The molecule has 152 valence electrons. The van der Waals surface area contributed by atoms with E-state index in [4.69, 9.17) is 0 Å². The Hall–Kier alpha value is -3.81. The van der Waals surface area contributed by atoms with E-state index in [0.29, 0.717) is 22.6 Å². The van der Waals surface area contributed by atoms with Crippen molar-refractivity contribution in [2.24, 2.45) is 0 Å². The summed E-state index contributed by atoms with van der Waals surface area (Å²) in [5, 5.41) is 9.83. The van der Waals surface area contributed by atoms with Crippen molar-refractivity contribution in [3.63, 3.8) is 0 Å². The smallest absolute Gasteiger partial charge is 0.253 e. The number of benzene rings is 2. The molecule has 7 nitrogen and oxygen atoms in total. The molecule has 0 fully saturated rings. The molecular formula is C22H20FN5O2. The van der Waals surface area contributed by atoms with Gasteiger partial charge >= 0.3 is 0 Å². The molecule has 0 aliphatic carbocycles. The number of aryl methyl sites for hydroxylation is 2. The number of carbonyl (C=O) groups is 2. The SMILES string of the molecule is Cc1ncn(-c2ccc(C)c(NC(=O)C3=CNC(=O)C[C@H]3c3ccc(F)cc3)c2)n1. The van der Waals surface area contributed by atoms with Gasteiger partial charge in [-0.15, -0.1) is 0 Å². The number of carbonyl (C=O) groups excluding carboxylic acids is 2. The minimum Gasteiger partial charge on any atom is -0.332 e. The molecule has 8 heteroatoms. The fraction of sp³-hybridized carbons (Fsp3) is 0.182. The van der Waals surface area contributed by atoms with Crippen LogP contribution in [0.1, 0.15) is 29.3 Å². The number of hydrogen-bond acceptors (Lipinski definition) is 4. The van der Waals surface area contributed by atoms with Crippen LogP contribution in [0.25, 0.3) is 5.69 Å². The van der Waals surface area contributed by atoms with E-state index in [-0.39, 0.29) is 24.1 Å². The van der Waals surface area contributed by atoms with Gasteiger partial charge in [-0.05, 0) is 49.2 Å². The van der Waals surface area contributed by atoms with Gasteiger partial charge in [0.05, 0.1) is 5.69 Å². The van der Waals surface area contributed by atoms with Crippen LogP contribution in [0.4, 0.5) is 10.1 Å². The molecule has 0 radical (unpaired) electrons. The molecule has 0 saturated carbocycles. The second-order valence-electron chi connectivity index (χ2n) is 7.17. The minimum atomic E-state index is -0.458. The van der Waals surface area contributed by atoms with Crippen LogP contribution < -0.4 is 10.6 Å². The zero-order chi connectivity index (χ0) is 21.3. The lowest BCUT2D eigenvalue weighted by molar-refractivity contribution is -0.121. The molecule has 0 unspecified atom stereocenters. The van der Waals surface area contributed by atoms with Gasteiger partial charge in [0.2, 0.25) is 5.91 Å². The summed E-state index contributed by atoms with van der Waals surface area (Å²) in [6.07, 6.45) is 3.15. The lowest BCUT2D eigenvalue weighted by Crippen LogP contribution is -2.32. The molecule has 0 bridgehead atoms. The largest absolute Gasteiger partial charge is 0.332 e. The fourth-order valence-electron chi connectivity index (χ4n) is 3.38. The number of nitrogens with one attached hydrogen (secondary N) is 2. The van der Waals surface area contributed by atoms with Gasteiger partial charge in [0.15, 0.2) is 0 Å². The highest BCUT2D eigenvalue weighted by Gasteiger charge is 2.29. The molecule has 4 rings (SSSR count). The fourth-order valence-corrected chi connectivity index (χ4v) is 3.38. The molecule has 2 N–H and O–H groups in total. The van der Waals surface area contributed by atoms with E-state index in [1.807, 2.05) is 25.1 Å². The first-order valence-electron chi connectivity index (χ1n) is 9.46. The van der Waals surface area contributed by atoms with E-state index in [0.717, 1.165) is 11.3 Å². The monoisotopic (exact) mass is 405 g/mol. The van der Waals surface area contributed by atoms with Crippen LogP contribution >= 0.6 is 0 Å². The average Bonchev–Trinajstić information content (AvgIpc) is 3.16. The normalized spacial score (nSPS) is 16.0. The molecular weight excluding hydrogens is 385 g/mol. The molecule has 0 saturated heterocycles. The van der Waals surface area contributed by atoms with Gasteiger partial charge in [0.25, 0.3) is 5.91 Å². The third-order valence-corrected chi connectivity index (χ3v) is 5.03. The first kappa shape index (κ1) is 19.5. The van der Waals surface area contributed by atoms with E-state index in [2.05, 4.69) is 20.7 Å². The predicted octanol–water partition coefficient (Wildman–Crippen LogP) is 3.15. The second-order valence-corrected chi connectivity index (χ2v) is 7.17. The topological polar surface area (TPSA) is 88.9 Å². The third-order valence-electron chi connectivity index (χ3n) is 5.03. The molecule has 1 aliphatic heterocycles. The van der Waals surface area contributed by atoms with Crippen molar-refractivity contribution >= 4 is 17.5 Å². The summed E-state index contributed by atoms with van der Waals surface area (Å²) >= 11 is 0. The van der Waals surface area contributed by atoms with Gasteiger partial charge in [0, 0.05) is 29.8 Å². The van der Waals surface area contributed by atoms with E-state index in [1.54, 1.807) is 30.1 Å². The molecule has 2 amide bonds. The van der Waals surface area contributed by atoms with Crippen molar-refractivity contribution in [1.82, 2.24) is 20.1 Å². The Labute approximate surface area is 172 Å². The van der Waals surface area contributed by atoms with Crippen molar-refractivity contribution in [2.75, 3.05) is 5.32 Å². The average molecular weight is 405 g/mol. The number of halogens is 1. The van der Waals surface area contributed by atoms with E-state index in [9.17, 15) is 14.0 Å². The van der Waals surface area contributed by atoms with Crippen LogP contribution in [-0.4, -0.2) is 26.6 Å². The first-order chi connectivity index (χ1) is 14.4. The van der Waals surface area contributed by atoms with Gasteiger partial charge < -0.3 is 10.6 Å². The number of rotatable bonds is 4. The molecule has 2 aromatic carbocycles. The molecule has 1 aromatic heterocycles. The standard InChI is InChI=1S/C22H20FN5O2/c1-13-3-8-17(28-12-25-14(2)27-28)9-20(13)26-22(30)19-11-24-21(29)10-18(19)15-4-6-16(23)7-5-15/h3-9,11-12,18H,10H2,1-2H3,(H,24,29)(H,26,30)/t18-/m0/s1. The second kappa shape index (κ2) is 7.90. The number of anilines is 1. The van der Waals surface area contributed by atoms with Crippen LogP contribution in [0.15, 0.2) is 60.6 Å². The quantitative estimate of drug-likeness (QED) is 0.698. The Morgan fingerprint density at radius 3 is 2.67 bits per heavy atom. The van der Waals surface area contributed by atoms with Crippen LogP contribution in [-0.2, 0) is 9.59 Å². The van der Waals surface area contributed by atoms with Gasteiger partial charge in [0.1, 0.15) is 18.0 Å². The zero-order valence-electron chi connectivity index (χ0n) is 16.5. The molecule has 0 spiro atoms. The summed E-state index contributed by atoms with van der Waals surface area (Å²) in [6, 6.07) is 11.4. The highest BCUT2D eigenvalue weighted by atomic mass is 19.1. The molecule has 30 heavy (non-hydrogen) atoms. The van der Waals surface area contributed by atoms with Gasteiger partial charge in [-0.3, -0.25) is 9.59 Å². The van der Waals surface area contributed by atoms with Crippen molar-refractivity contribution in [3.8, 4) is 5.69 Å². The maximum absolute atomic E-state index is 13.3. The van der Waals surface area contributed by atoms with Crippen molar-refractivity contribution in [1.29, 1.82) is 0 Å². The Balaban J connectivity index is 1.62. The van der Waals surface area contributed by atoms with E-state index >= 15 is 0 Å². The Morgan fingerprint density at radius 2 is 1.97 bits per heavy atom. The Morgan fingerprint density at radius 1 is 1.20 bits per heavy atom. The van der Waals surface area contributed by atoms with Crippen LogP contribution in [0.5, 0.6) is 0 Å². The first-order valence-corrected chi connectivity index (χ1v) is 9.46. The summed E-state index contributed by atoms with van der Waals surface area (Å²) in [5.41, 5.74) is 3.38. The van der Waals surface area contributed by atoms with Gasteiger partial charge in [-0.1, -0.05) is 18.2 Å². The predicted molar refractivity (Wildman–Crippen MR) is 109 cm³/mol. The van der Waals surface area contributed by atoms with Crippen LogP contribution in [0.3, 0.4) is 0 Å². The number of hydrogen-bond donors (Lipinski definition) is 2. The number of nitrogens with zero attached hydrogens (tertiary/aromatic N) is 3. The maximum Gasteiger partial charge on any atom is 0.253 e. The van der Waals surface area contributed by atoms with E-state index in [1.165, 1.54) is 18.3 Å². The molecule has 1 aliphatic rings. The number of aromatic nitrogens is 3. The van der Waals surface area contributed by atoms with E-state index < -0.39 is 5.92 Å². The molecule has 3 aromatic rings. The van der Waals surface area contributed by atoms with Crippen LogP contribution in [0.2, 0.25) is 0 Å². The van der Waals surface area contributed by atoms with Crippen molar-refractivity contribution in [3.05, 3.63) is 83.3 Å². The highest BCUT2D eigenvalue weighted by molar-refractivity contribution is 6.06. The summed E-state index contributed by atoms with van der Waals surface area (Å²) < 4.78 is 14.9. The lowest BCUT2D eigenvalue weighted by Gasteiger charge is -2.24. The van der Waals surface area contributed by atoms with Gasteiger partial charge in [-0.25, -0.2) is 14.1 Å². The van der Waals surface area contributed by atoms with Crippen molar-refractivity contribution < 1.29 is 14.0 Å². The Kier molecular flexibility index (Phi) is 5.14. The third kappa shape index (κ3) is 3.98. The summed E-state index contributed by atoms with van der Waals surface area (Å²) in [7, 11) is 0. The summed E-state index contributed by atoms with van der Waals surface area (Å²) in [6.45, 7) is 3.69. The zero-order valence-corrected chi connectivity index (χ0v) is 16.5. The van der Waals surface area contributed by atoms with Gasteiger partial charge in [-0.2, -0.15) is 5.10 Å². The number of amides is 2. The Bertz CT molecular complexity index is 1150. The maximum atomic E-state index is 13.3. The molecule has 1 atom stereocenters.